The van der Waals surface area contributed by atoms with Gasteiger partial charge in [-0.15, -0.1) is 0 Å². The average molecular weight is 285 g/mol. The average Bonchev–Trinajstić information content (AvgIpc) is 2.92. The molecule has 7 heteroatoms. The molecule has 0 aliphatic carbocycles. The number of ether oxygens (including phenoxy) is 1. The number of nitrogens with one attached hydrogen (secondary N) is 2. The van der Waals surface area contributed by atoms with E-state index in [0.717, 1.165) is 6.42 Å². The first-order valence-corrected chi connectivity index (χ1v) is 7.75. The third-order valence-corrected chi connectivity index (χ3v) is 4.87. The maximum atomic E-state index is 12.3. The Hall–Kier alpha value is -1.18. The van der Waals surface area contributed by atoms with Crippen molar-refractivity contribution in [1.82, 2.24) is 9.71 Å². The van der Waals surface area contributed by atoms with Gasteiger partial charge in [0.05, 0.1) is 11.5 Å². The van der Waals surface area contributed by atoms with E-state index in [1.54, 1.807) is 7.05 Å². The monoisotopic (exact) mass is 285 g/mol. The molecule has 1 fully saturated rings. The second-order valence-corrected chi connectivity index (χ2v) is 6.37. The molecule has 0 saturated carbocycles. The Morgan fingerprint density at radius 2 is 2.32 bits per heavy atom. The van der Waals surface area contributed by atoms with Gasteiger partial charge in [-0.2, -0.15) is 0 Å². The van der Waals surface area contributed by atoms with E-state index in [0.29, 0.717) is 19.0 Å². The van der Waals surface area contributed by atoms with Crippen molar-refractivity contribution >= 4 is 15.8 Å². The summed E-state index contributed by atoms with van der Waals surface area (Å²) in [5.41, 5.74) is 0. The molecule has 2 atom stereocenters. The number of aromatic nitrogens is 1. The zero-order valence-corrected chi connectivity index (χ0v) is 11.9. The molecule has 6 nitrogen and oxygen atoms in total. The SMILES string of the molecule is CNc1cc(S(=O)(=O)NC(C)C2CCOC2)ccn1. The van der Waals surface area contributed by atoms with Crippen LogP contribution in [0.1, 0.15) is 13.3 Å². The van der Waals surface area contributed by atoms with E-state index in [-0.39, 0.29) is 16.9 Å². The molecule has 2 rings (SSSR count). The summed E-state index contributed by atoms with van der Waals surface area (Å²) in [6.07, 6.45) is 2.37. The van der Waals surface area contributed by atoms with E-state index in [1.807, 2.05) is 6.92 Å². The standard InChI is InChI=1S/C12H19N3O3S/c1-9(10-4-6-18-8-10)15-19(16,17)11-3-5-14-12(7-11)13-2/h3,5,7,9-10,15H,4,6,8H2,1-2H3,(H,13,14). The van der Waals surface area contributed by atoms with Crippen molar-refractivity contribution in [1.29, 1.82) is 0 Å². The summed E-state index contributed by atoms with van der Waals surface area (Å²) in [5, 5.41) is 2.82. The molecule has 1 aromatic heterocycles. The number of pyridine rings is 1. The van der Waals surface area contributed by atoms with Crippen LogP contribution in [0.3, 0.4) is 0 Å². The quantitative estimate of drug-likeness (QED) is 0.837. The molecule has 0 aromatic carbocycles. The Morgan fingerprint density at radius 3 is 2.95 bits per heavy atom. The van der Waals surface area contributed by atoms with E-state index in [4.69, 9.17) is 4.74 Å². The lowest BCUT2D eigenvalue weighted by Gasteiger charge is -2.19. The van der Waals surface area contributed by atoms with Gasteiger partial charge in [-0.05, 0) is 19.4 Å². The van der Waals surface area contributed by atoms with E-state index in [2.05, 4.69) is 15.0 Å². The second-order valence-electron chi connectivity index (χ2n) is 4.66. The Labute approximate surface area is 113 Å². The number of rotatable bonds is 5. The molecule has 0 spiro atoms. The Kier molecular flexibility index (Phi) is 4.38. The van der Waals surface area contributed by atoms with Crippen LogP contribution in [0.25, 0.3) is 0 Å². The predicted molar refractivity (Wildman–Crippen MR) is 72.5 cm³/mol. The molecule has 1 aromatic rings. The zero-order valence-electron chi connectivity index (χ0n) is 11.1. The minimum atomic E-state index is -3.52. The Bertz CT molecular complexity index is 527. The number of anilines is 1. The van der Waals surface area contributed by atoms with Crippen LogP contribution in [0.15, 0.2) is 23.2 Å². The Balaban J connectivity index is 2.12. The third kappa shape index (κ3) is 3.43. The first-order valence-electron chi connectivity index (χ1n) is 6.27. The highest BCUT2D eigenvalue weighted by Crippen LogP contribution is 2.19. The largest absolute Gasteiger partial charge is 0.381 e. The molecular weight excluding hydrogens is 266 g/mol. The molecular formula is C12H19N3O3S. The predicted octanol–water partition coefficient (Wildman–Crippen LogP) is 0.827. The van der Waals surface area contributed by atoms with Gasteiger partial charge in [0, 0.05) is 37.9 Å². The van der Waals surface area contributed by atoms with Crippen LogP contribution in [0, 0.1) is 5.92 Å². The smallest absolute Gasteiger partial charge is 0.241 e. The maximum absolute atomic E-state index is 12.3. The topological polar surface area (TPSA) is 80.3 Å². The van der Waals surface area contributed by atoms with Gasteiger partial charge in [-0.3, -0.25) is 0 Å². The maximum Gasteiger partial charge on any atom is 0.241 e. The van der Waals surface area contributed by atoms with E-state index >= 15 is 0 Å². The number of hydrogen-bond donors (Lipinski definition) is 2. The van der Waals surface area contributed by atoms with Gasteiger partial charge in [0.25, 0.3) is 0 Å². The summed E-state index contributed by atoms with van der Waals surface area (Å²) in [4.78, 5) is 4.22. The molecule has 1 aliphatic rings. The molecule has 1 saturated heterocycles. The minimum absolute atomic E-state index is 0.140. The number of hydrogen-bond acceptors (Lipinski definition) is 5. The summed E-state index contributed by atoms with van der Waals surface area (Å²) in [7, 11) is -1.82. The van der Waals surface area contributed by atoms with Crippen LogP contribution in [0.2, 0.25) is 0 Å². The lowest BCUT2D eigenvalue weighted by atomic mass is 10.0. The summed E-state index contributed by atoms with van der Waals surface area (Å²) < 4.78 is 32.5. The van der Waals surface area contributed by atoms with Gasteiger partial charge in [0.1, 0.15) is 5.82 Å². The highest BCUT2D eigenvalue weighted by atomic mass is 32.2. The van der Waals surface area contributed by atoms with E-state index in [1.165, 1.54) is 18.3 Å². The van der Waals surface area contributed by atoms with E-state index < -0.39 is 10.0 Å². The number of sulfonamides is 1. The van der Waals surface area contributed by atoms with E-state index in [9.17, 15) is 8.42 Å². The summed E-state index contributed by atoms with van der Waals surface area (Å²) >= 11 is 0. The first kappa shape index (κ1) is 14.2. The van der Waals surface area contributed by atoms with Crippen LogP contribution in [0.5, 0.6) is 0 Å². The first-order chi connectivity index (χ1) is 9.03. The van der Waals surface area contributed by atoms with Gasteiger partial charge in [0.15, 0.2) is 0 Å². The van der Waals surface area contributed by atoms with Crippen molar-refractivity contribution in [2.45, 2.75) is 24.3 Å². The van der Waals surface area contributed by atoms with Crippen LogP contribution in [-0.4, -0.2) is 39.7 Å². The lowest BCUT2D eigenvalue weighted by molar-refractivity contribution is 0.180. The van der Waals surface area contributed by atoms with Gasteiger partial charge >= 0.3 is 0 Å². The summed E-state index contributed by atoms with van der Waals surface area (Å²) in [6.45, 7) is 3.19. The molecule has 2 unspecified atom stereocenters. The lowest BCUT2D eigenvalue weighted by Crippen LogP contribution is -2.38. The molecule has 2 heterocycles. The van der Waals surface area contributed by atoms with Crippen LogP contribution < -0.4 is 10.0 Å². The molecule has 19 heavy (non-hydrogen) atoms. The molecule has 2 N–H and O–H groups in total. The van der Waals surface area contributed by atoms with Crippen molar-refractivity contribution in [2.75, 3.05) is 25.6 Å². The summed E-state index contributed by atoms with van der Waals surface area (Å²) in [6, 6.07) is 2.86. The summed E-state index contributed by atoms with van der Waals surface area (Å²) in [5.74, 6) is 0.764. The molecule has 106 valence electrons. The normalized spacial score (nSPS) is 21.3. The van der Waals surface area contributed by atoms with Gasteiger partial charge < -0.3 is 10.1 Å². The Morgan fingerprint density at radius 1 is 1.53 bits per heavy atom. The van der Waals surface area contributed by atoms with Crippen molar-refractivity contribution < 1.29 is 13.2 Å². The highest BCUT2D eigenvalue weighted by molar-refractivity contribution is 7.89. The van der Waals surface area contributed by atoms with Gasteiger partial charge in [0.2, 0.25) is 10.0 Å². The fourth-order valence-electron chi connectivity index (χ4n) is 2.07. The fraction of sp³-hybridized carbons (Fsp3) is 0.583. The third-order valence-electron chi connectivity index (χ3n) is 3.31. The van der Waals surface area contributed by atoms with Crippen molar-refractivity contribution in [2.24, 2.45) is 5.92 Å². The highest BCUT2D eigenvalue weighted by Gasteiger charge is 2.26. The molecule has 1 aliphatic heterocycles. The van der Waals surface area contributed by atoms with Crippen LogP contribution in [-0.2, 0) is 14.8 Å². The van der Waals surface area contributed by atoms with Crippen molar-refractivity contribution in [3.05, 3.63) is 18.3 Å². The second kappa shape index (κ2) is 5.85. The van der Waals surface area contributed by atoms with Crippen molar-refractivity contribution in [3.63, 3.8) is 0 Å². The van der Waals surface area contributed by atoms with Crippen molar-refractivity contribution in [3.8, 4) is 0 Å². The molecule has 0 bridgehead atoms. The van der Waals surface area contributed by atoms with Crippen LogP contribution >= 0.6 is 0 Å². The molecule has 0 radical (unpaired) electrons. The zero-order chi connectivity index (χ0) is 13.9. The van der Waals surface area contributed by atoms with Crippen LogP contribution in [0.4, 0.5) is 5.82 Å². The fourth-order valence-corrected chi connectivity index (χ4v) is 3.40. The molecule has 0 amide bonds. The van der Waals surface area contributed by atoms with Gasteiger partial charge in [-0.1, -0.05) is 0 Å². The number of nitrogens with zero attached hydrogens (tertiary/aromatic N) is 1. The minimum Gasteiger partial charge on any atom is -0.381 e. The van der Waals surface area contributed by atoms with Gasteiger partial charge in [-0.25, -0.2) is 18.1 Å².